The van der Waals surface area contributed by atoms with Crippen LogP contribution in [0.4, 0.5) is 0 Å². The second kappa shape index (κ2) is 8.01. The fourth-order valence-electron chi connectivity index (χ4n) is 2.04. The van der Waals surface area contributed by atoms with Crippen LogP contribution < -0.4 is 5.32 Å². The molecule has 1 aromatic heterocycles. The number of rotatable bonds is 7. The lowest BCUT2D eigenvalue weighted by atomic mass is 10.1. The van der Waals surface area contributed by atoms with Crippen molar-refractivity contribution in [1.82, 2.24) is 15.5 Å². The first-order valence-electron chi connectivity index (χ1n) is 7.36. The maximum absolute atomic E-state index is 4.34. The zero-order valence-corrected chi connectivity index (χ0v) is 15.2. The molecule has 5 heteroatoms. The van der Waals surface area contributed by atoms with Gasteiger partial charge in [-0.15, -0.1) is 10.2 Å². The highest BCUT2D eigenvalue weighted by atomic mass is 79.9. The second-order valence-corrected chi connectivity index (χ2v) is 7.64. The molecule has 0 spiro atoms. The topological polar surface area (TPSA) is 37.8 Å². The quantitative estimate of drug-likeness (QED) is 0.734. The molecule has 0 amide bonds. The molecule has 0 aliphatic heterocycles. The van der Waals surface area contributed by atoms with Crippen LogP contribution >= 0.6 is 27.3 Å². The summed E-state index contributed by atoms with van der Waals surface area (Å²) in [7, 11) is 0. The molecule has 1 aromatic carbocycles. The van der Waals surface area contributed by atoms with Crippen LogP contribution in [0.1, 0.15) is 30.8 Å². The van der Waals surface area contributed by atoms with Gasteiger partial charge in [-0.3, -0.25) is 0 Å². The molecule has 0 unspecified atom stereocenters. The van der Waals surface area contributed by atoms with Gasteiger partial charge in [0.25, 0.3) is 0 Å². The third-order valence-corrected chi connectivity index (χ3v) is 4.70. The van der Waals surface area contributed by atoms with Crippen molar-refractivity contribution in [3.05, 3.63) is 33.2 Å². The number of aryl methyl sites for hydroxylation is 2. The van der Waals surface area contributed by atoms with Crippen LogP contribution in [0.25, 0.3) is 10.6 Å². The second-order valence-electron chi connectivity index (χ2n) is 5.66. The van der Waals surface area contributed by atoms with E-state index in [1.54, 1.807) is 11.3 Å². The van der Waals surface area contributed by atoms with Crippen molar-refractivity contribution < 1.29 is 0 Å². The van der Waals surface area contributed by atoms with Crippen molar-refractivity contribution in [2.45, 2.75) is 33.6 Å². The Kier molecular flexibility index (Phi) is 6.33. The highest BCUT2D eigenvalue weighted by Gasteiger charge is 2.09. The van der Waals surface area contributed by atoms with Crippen LogP contribution in [-0.4, -0.2) is 23.3 Å². The molecule has 0 aliphatic rings. The van der Waals surface area contributed by atoms with Crippen LogP contribution in [0.2, 0.25) is 0 Å². The molecule has 0 saturated heterocycles. The minimum absolute atomic E-state index is 0.706. The monoisotopic (exact) mass is 367 g/mol. The molecule has 1 N–H and O–H groups in total. The predicted octanol–water partition coefficient (Wildman–Crippen LogP) is 4.45. The van der Waals surface area contributed by atoms with E-state index in [4.69, 9.17) is 0 Å². The summed E-state index contributed by atoms with van der Waals surface area (Å²) >= 11 is 5.22. The lowest BCUT2D eigenvalue weighted by Gasteiger charge is -2.05. The molecule has 0 atom stereocenters. The Morgan fingerprint density at radius 3 is 2.86 bits per heavy atom. The minimum Gasteiger partial charge on any atom is -0.316 e. The highest BCUT2D eigenvalue weighted by Crippen LogP contribution is 2.29. The molecule has 0 aliphatic carbocycles. The van der Waals surface area contributed by atoms with Crippen LogP contribution in [0.5, 0.6) is 0 Å². The highest BCUT2D eigenvalue weighted by molar-refractivity contribution is 9.10. The minimum atomic E-state index is 0.706. The SMILES string of the molecule is Cc1ccc(Br)cc1-c1nnc(CCCNCC(C)C)s1. The van der Waals surface area contributed by atoms with Gasteiger partial charge in [-0.2, -0.15) is 0 Å². The summed E-state index contributed by atoms with van der Waals surface area (Å²) in [4.78, 5) is 0. The van der Waals surface area contributed by atoms with Gasteiger partial charge in [-0.05, 0) is 50.0 Å². The molecule has 0 bridgehead atoms. The number of aromatic nitrogens is 2. The molecular weight excluding hydrogens is 346 g/mol. The van der Waals surface area contributed by atoms with Crippen LogP contribution in [0.3, 0.4) is 0 Å². The van der Waals surface area contributed by atoms with E-state index in [1.165, 1.54) is 11.1 Å². The van der Waals surface area contributed by atoms with E-state index in [1.807, 2.05) is 0 Å². The summed E-state index contributed by atoms with van der Waals surface area (Å²) in [6.45, 7) is 8.69. The van der Waals surface area contributed by atoms with E-state index in [9.17, 15) is 0 Å². The molecule has 2 rings (SSSR count). The molecule has 0 fully saturated rings. The Balaban J connectivity index is 1.91. The van der Waals surface area contributed by atoms with E-state index >= 15 is 0 Å². The summed E-state index contributed by atoms with van der Waals surface area (Å²) in [5, 5.41) is 14.3. The average Bonchev–Trinajstić information content (AvgIpc) is 2.89. The molecule has 2 aromatic rings. The molecule has 0 radical (unpaired) electrons. The number of halogens is 1. The van der Waals surface area contributed by atoms with Crippen LogP contribution in [0.15, 0.2) is 22.7 Å². The van der Waals surface area contributed by atoms with Crippen molar-refractivity contribution in [3.63, 3.8) is 0 Å². The Bertz CT molecular complexity index is 581. The summed E-state index contributed by atoms with van der Waals surface area (Å²) in [6.07, 6.45) is 2.11. The summed E-state index contributed by atoms with van der Waals surface area (Å²) in [6, 6.07) is 6.28. The first-order valence-corrected chi connectivity index (χ1v) is 8.97. The third-order valence-electron chi connectivity index (χ3n) is 3.19. The van der Waals surface area contributed by atoms with Crippen molar-refractivity contribution >= 4 is 27.3 Å². The number of hydrogen-bond donors (Lipinski definition) is 1. The molecule has 1 heterocycles. The normalized spacial score (nSPS) is 11.3. The van der Waals surface area contributed by atoms with E-state index in [2.05, 4.69) is 70.4 Å². The van der Waals surface area contributed by atoms with Crippen LogP contribution in [-0.2, 0) is 6.42 Å². The van der Waals surface area contributed by atoms with Gasteiger partial charge >= 0.3 is 0 Å². The van der Waals surface area contributed by atoms with Crippen molar-refractivity contribution in [2.24, 2.45) is 5.92 Å². The molecular formula is C16H22BrN3S. The zero-order chi connectivity index (χ0) is 15.2. The number of benzene rings is 1. The van der Waals surface area contributed by atoms with Gasteiger partial charge in [0.1, 0.15) is 10.0 Å². The summed E-state index contributed by atoms with van der Waals surface area (Å²) in [5.74, 6) is 0.706. The van der Waals surface area contributed by atoms with Gasteiger partial charge < -0.3 is 5.32 Å². The molecule has 0 saturated carbocycles. The lowest BCUT2D eigenvalue weighted by molar-refractivity contribution is 0.542. The van der Waals surface area contributed by atoms with Gasteiger partial charge in [0, 0.05) is 16.5 Å². The number of nitrogens with one attached hydrogen (secondary N) is 1. The largest absolute Gasteiger partial charge is 0.316 e. The van der Waals surface area contributed by atoms with Crippen LogP contribution in [0, 0.1) is 12.8 Å². The number of nitrogens with zero attached hydrogens (tertiary/aromatic N) is 2. The summed E-state index contributed by atoms with van der Waals surface area (Å²) in [5.41, 5.74) is 2.41. The Hall–Kier alpha value is -0.780. The molecule has 21 heavy (non-hydrogen) atoms. The van der Waals surface area contributed by atoms with Gasteiger partial charge in [-0.1, -0.05) is 47.2 Å². The fraction of sp³-hybridized carbons (Fsp3) is 0.500. The Labute approximate surface area is 139 Å². The Morgan fingerprint density at radius 2 is 2.10 bits per heavy atom. The molecule has 3 nitrogen and oxygen atoms in total. The average molecular weight is 368 g/mol. The lowest BCUT2D eigenvalue weighted by Crippen LogP contribution is -2.21. The van der Waals surface area contributed by atoms with Gasteiger partial charge in [0.15, 0.2) is 0 Å². The zero-order valence-electron chi connectivity index (χ0n) is 12.8. The molecule has 114 valence electrons. The van der Waals surface area contributed by atoms with Gasteiger partial charge in [0.05, 0.1) is 0 Å². The van der Waals surface area contributed by atoms with Crippen molar-refractivity contribution in [3.8, 4) is 10.6 Å². The van der Waals surface area contributed by atoms with Gasteiger partial charge in [-0.25, -0.2) is 0 Å². The van der Waals surface area contributed by atoms with Gasteiger partial charge in [0.2, 0.25) is 0 Å². The van der Waals surface area contributed by atoms with E-state index in [0.29, 0.717) is 5.92 Å². The van der Waals surface area contributed by atoms with E-state index in [-0.39, 0.29) is 0 Å². The maximum Gasteiger partial charge on any atom is 0.148 e. The first kappa shape index (κ1) is 16.6. The Morgan fingerprint density at radius 1 is 1.29 bits per heavy atom. The standard InChI is InChI=1S/C16H22BrN3S/c1-11(2)10-18-8-4-5-15-19-20-16(21-15)14-9-13(17)7-6-12(14)3/h6-7,9,11,18H,4-5,8,10H2,1-3H3. The van der Waals surface area contributed by atoms with E-state index < -0.39 is 0 Å². The maximum atomic E-state index is 4.34. The van der Waals surface area contributed by atoms with Crippen molar-refractivity contribution in [2.75, 3.05) is 13.1 Å². The predicted molar refractivity (Wildman–Crippen MR) is 93.8 cm³/mol. The fourth-order valence-corrected chi connectivity index (χ4v) is 3.37. The first-order chi connectivity index (χ1) is 10.1. The van der Waals surface area contributed by atoms with Crippen molar-refractivity contribution in [1.29, 1.82) is 0 Å². The smallest absolute Gasteiger partial charge is 0.148 e. The van der Waals surface area contributed by atoms with E-state index in [0.717, 1.165) is 40.4 Å². The summed E-state index contributed by atoms with van der Waals surface area (Å²) < 4.78 is 1.08. The number of hydrogen-bond acceptors (Lipinski definition) is 4. The third kappa shape index (κ3) is 5.16.